The van der Waals surface area contributed by atoms with Crippen LogP contribution in [0.25, 0.3) is 0 Å². The molecule has 0 saturated carbocycles. The molecule has 0 aliphatic carbocycles. The lowest BCUT2D eigenvalue weighted by Crippen LogP contribution is -1.98. The minimum atomic E-state index is 0.351. The molecule has 1 heterocycles. The average Bonchev–Trinajstić information content (AvgIpc) is 1.82. The van der Waals surface area contributed by atoms with Crippen molar-refractivity contribution in [3.05, 3.63) is 14.3 Å². The maximum atomic E-state index is 4.78. The highest BCUT2D eigenvalue weighted by Gasteiger charge is 1.79. The number of aromatic amines is 2. The van der Waals surface area contributed by atoms with Crippen molar-refractivity contribution in [3.8, 4) is 0 Å². The molecule has 1 rings (SSSR count). The molecule has 0 unspecified atom stereocenters. The van der Waals surface area contributed by atoms with Gasteiger partial charge in [0, 0.05) is 0 Å². The Balaban J connectivity index is 3.80. The lowest BCUT2D eigenvalue weighted by molar-refractivity contribution is 0.946. The number of hydrogen-bond donors (Lipinski definition) is 2. The zero-order valence-electron chi connectivity index (χ0n) is 4.58. The molecule has 0 spiro atoms. The summed E-state index contributed by atoms with van der Waals surface area (Å²) in [7, 11) is 0. The van der Waals surface area contributed by atoms with Crippen molar-refractivity contribution in [2.24, 2.45) is 0 Å². The number of hydrogen-bond acceptors (Lipinski definition) is 4. The van der Waals surface area contributed by atoms with Gasteiger partial charge in [0.15, 0.2) is 14.3 Å². The van der Waals surface area contributed by atoms with Gasteiger partial charge in [-0.1, -0.05) is 0 Å². The number of rotatable bonds is 0. The summed E-state index contributed by atoms with van der Waals surface area (Å²) in [5, 5.41) is 0. The first-order valence-electron chi connectivity index (χ1n) is 2.24. The molecular formula is C3H2N3S4-. The molecule has 0 aromatic carbocycles. The second kappa shape index (κ2) is 2.87. The van der Waals surface area contributed by atoms with Gasteiger partial charge < -0.3 is 26.8 Å². The molecule has 7 heteroatoms. The standard InChI is InChI=1S/C3H2N3S4/c7-1-4-2(8)6(10)3(9)5-1/h(H2,4,5,7,8,9)/q-1. The summed E-state index contributed by atoms with van der Waals surface area (Å²) in [5.74, 6) is 0. The maximum Gasteiger partial charge on any atom is 0.178 e. The predicted molar refractivity (Wildman–Crippen MR) is 48.4 cm³/mol. The highest BCUT2D eigenvalue weighted by molar-refractivity contribution is 7.73. The van der Waals surface area contributed by atoms with Gasteiger partial charge in [-0.25, -0.2) is 0 Å². The lowest BCUT2D eigenvalue weighted by atomic mass is 11.1. The van der Waals surface area contributed by atoms with Gasteiger partial charge >= 0.3 is 0 Å². The topological polar surface area (TPSA) is 36.5 Å². The fraction of sp³-hybridized carbons (Fsp3) is 0. The second-order valence-electron chi connectivity index (χ2n) is 1.48. The first kappa shape index (κ1) is 7.99. The summed E-state index contributed by atoms with van der Waals surface area (Å²) in [5.41, 5.74) is 0. The normalized spacial score (nSPS) is 9.60. The van der Waals surface area contributed by atoms with Crippen molar-refractivity contribution in [1.82, 2.24) is 13.9 Å². The highest BCUT2D eigenvalue weighted by Crippen LogP contribution is 1.86. The summed E-state index contributed by atoms with van der Waals surface area (Å²) < 4.78 is 2.32. The predicted octanol–water partition coefficient (Wildman–Crippen LogP) is 1.64. The molecule has 1 aromatic heterocycles. The van der Waals surface area contributed by atoms with Crippen LogP contribution >= 0.6 is 36.7 Å². The quantitative estimate of drug-likeness (QED) is 0.502. The molecule has 0 amide bonds. The van der Waals surface area contributed by atoms with Crippen LogP contribution in [0.15, 0.2) is 0 Å². The van der Waals surface area contributed by atoms with Gasteiger partial charge in [-0.3, -0.25) is 0 Å². The number of H-pyrrole nitrogens is 2. The highest BCUT2D eigenvalue weighted by atomic mass is 32.1. The van der Waals surface area contributed by atoms with Crippen LogP contribution in [0, 0.1) is 14.3 Å². The van der Waals surface area contributed by atoms with E-state index in [4.69, 9.17) is 49.5 Å². The van der Waals surface area contributed by atoms with E-state index >= 15 is 0 Å². The zero-order chi connectivity index (χ0) is 7.72. The van der Waals surface area contributed by atoms with Crippen LogP contribution in [0.4, 0.5) is 0 Å². The van der Waals surface area contributed by atoms with Crippen LogP contribution in [0.5, 0.6) is 0 Å². The van der Waals surface area contributed by atoms with E-state index in [1.165, 1.54) is 3.97 Å². The third kappa shape index (κ3) is 1.48. The van der Waals surface area contributed by atoms with Crippen molar-refractivity contribution in [3.63, 3.8) is 0 Å². The van der Waals surface area contributed by atoms with E-state index in [1.54, 1.807) is 0 Å². The molecule has 0 atom stereocenters. The fourth-order valence-corrected chi connectivity index (χ4v) is 1.28. The Morgan fingerprint density at radius 2 is 1.50 bits per heavy atom. The number of nitrogens with zero attached hydrogens (tertiary/aromatic N) is 1. The molecule has 10 heavy (non-hydrogen) atoms. The van der Waals surface area contributed by atoms with Gasteiger partial charge in [0.25, 0.3) is 0 Å². The van der Waals surface area contributed by atoms with Crippen LogP contribution < -0.4 is 0 Å². The summed E-state index contributed by atoms with van der Waals surface area (Å²) >= 11 is 19.1. The second-order valence-corrected chi connectivity index (χ2v) is 3.03. The largest absolute Gasteiger partial charge is 0.683 e. The smallest absolute Gasteiger partial charge is 0.178 e. The van der Waals surface area contributed by atoms with Gasteiger partial charge in [0.1, 0.15) is 0 Å². The van der Waals surface area contributed by atoms with Crippen molar-refractivity contribution in [2.75, 3.05) is 0 Å². The summed E-state index contributed by atoms with van der Waals surface area (Å²) in [4.78, 5) is 5.29. The Morgan fingerprint density at radius 1 is 1.10 bits per heavy atom. The molecule has 3 nitrogen and oxygen atoms in total. The van der Waals surface area contributed by atoms with Crippen molar-refractivity contribution in [1.29, 1.82) is 0 Å². The molecular weight excluding hydrogens is 206 g/mol. The SMILES string of the molecule is S=c1[nH]c(=S)n([S-])c(=S)[nH]1. The van der Waals surface area contributed by atoms with Gasteiger partial charge in [0.2, 0.25) is 0 Å². The molecule has 54 valence electrons. The van der Waals surface area contributed by atoms with Gasteiger partial charge in [0.05, 0.1) is 0 Å². The first-order valence-corrected chi connectivity index (χ1v) is 3.83. The molecule has 0 saturated heterocycles. The summed E-state index contributed by atoms with van der Waals surface area (Å²) in [6.45, 7) is 0. The zero-order valence-corrected chi connectivity index (χ0v) is 7.85. The van der Waals surface area contributed by atoms with E-state index in [9.17, 15) is 0 Å². The van der Waals surface area contributed by atoms with E-state index in [0.29, 0.717) is 14.3 Å². The molecule has 0 aliphatic rings. The molecule has 0 bridgehead atoms. The van der Waals surface area contributed by atoms with Crippen LogP contribution in [-0.4, -0.2) is 13.9 Å². The van der Waals surface area contributed by atoms with Crippen molar-refractivity contribution in [2.45, 2.75) is 0 Å². The maximum absolute atomic E-state index is 4.78. The van der Waals surface area contributed by atoms with Crippen molar-refractivity contribution < 1.29 is 0 Å². The third-order valence-electron chi connectivity index (χ3n) is 0.810. The minimum absolute atomic E-state index is 0.351. The summed E-state index contributed by atoms with van der Waals surface area (Å²) in [6.07, 6.45) is 0. The number of aromatic nitrogens is 3. The fourth-order valence-electron chi connectivity index (χ4n) is 0.419. The molecule has 2 N–H and O–H groups in total. The molecule has 0 aliphatic heterocycles. The van der Waals surface area contributed by atoms with E-state index in [1.807, 2.05) is 0 Å². The van der Waals surface area contributed by atoms with E-state index in [-0.39, 0.29) is 0 Å². The Morgan fingerprint density at radius 3 is 1.90 bits per heavy atom. The Bertz CT molecular complexity index is 361. The lowest BCUT2D eigenvalue weighted by Gasteiger charge is -2.08. The number of nitrogens with one attached hydrogen (secondary N) is 2. The van der Waals surface area contributed by atoms with Crippen LogP contribution in [-0.2, 0) is 12.8 Å². The van der Waals surface area contributed by atoms with Gasteiger partial charge in [-0.15, -0.1) is 0 Å². The monoisotopic (exact) mass is 208 g/mol. The van der Waals surface area contributed by atoms with E-state index in [0.717, 1.165) is 0 Å². The van der Waals surface area contributed by atoms with Gasteiger partial charge in [-0.2, -0.15) is 0 Å². The Kier molecular flexibility index (Phi) is 2.29. The van der Waals surface area contributed by atoms with E-state index < -0.39 is 0 Å². The van der Waals surface area contributed by atoms with Crippen LogP contribution in [0.3, 0.4) is 0 Å². The third-order valence-corrected chi connectivity index (χ3v) is 2.18. The molecule has 0 fully saturated rings. The van der Waals surface area contributed by atoms with Crippen molar-refractivity contribution >= 4 is 49.5 Å². The Hall–Kier alpha value is -0.110. The molecule has 0 radical (unpaired) electrons. The van der Waals surface area contributed by atoms with Gasteiger partial charge in [-0.05, 0) is 36.7 Å². The molecule has 1 aromatic rings. The minimum Gasteiger partial charge on any atom is -0.683 e. The Labute approximate surface area is 77.7 Å². The van der Waals surface area contributed by atoms with Crippen LogP contribution in [0.1, 0.15) is 0 Å². The van der Waals surface area contributed by atoms with E-state index in [2.05, 4.69) is 9.97 Å². The first-order chi connectivity index (χ1) is 4.61. The van der Waals surface area contributed by atoms with Crippen LogP contribution in [0.2, 0.25) is 0 Å². The summed E-state index contributed by atoms with van der Waals surface area (Å²) in [6, 6.07) is 0. The average molecular weight is 208 g/mol.